The van der Waals surface area contributed by atoms with Crippen LogP contribution < -0.4 is 0 Å². The lowest BCUT2D eigenvalue weighted by atomic mass is 9.77. The predicted molar refractivity (Wildman–Crippen MR) is 122 cm³/mol. The van der Waals surface area contributed by atoms with Gasteiger partial charge in [0.05, 0.1) is 5.69 Å². The molecule has 0 N–H and O–H groups in total. The van der Waals surface area contributed by atoms with E-state index in [2.05, 4.69) is 49.5 Å². The highest BCUT2D eigenvalue weighted by Crippen LogP contribution is 2.38. The molecule has 0 aliphatic heterocycles. The fourth-order valence-corrected chi connectivity index (χ4v) is 4.70. The number of rotatable bonds is 11. The average Bonchev–Trinajstić information content (AvgIpc) is 2.78. The second-order valence-corrected chi connectivity index (χ2v) is 8.80. The summed E-state index contributed by atoms with van der Waals surface area (Å²) in [4.78, 5) is 15.2. The molecule has 1 fully saturated rings. The molecule has 0 spiro atoms. The monoisotopic (exact) mass is 391 g/mol. The first kappa shape index (κ1) is 21.7. The standard InChI is InChI=1S/C27H37NO/c1-2-3-4-5-9-23-12-19-27(28-21-23)26-17-15-25(16-18-26)24-13-10-22(11-14-24)8-6-7-20-29/h12,15-22,24H,2-11,13-14H2,1H3/t22-,24-. The number of hydrogen-bond donors (Lipinski definition) is 0. The molecule has 2 aromatic rings. The van der Waals surface area contributed by atoms with Crippen LogP contribution in [0.1, 0.15) is 94.6 Å². The van der Waals surface area contributed by atoms with E-state index in [4.69, 9.17) is 4.98 Å². The third-order valence-corrected chi connectivity index (χ3v) is 6.60. The maximum absolute atomic E-state index is 10.5. The molecule has 0 radical (unpaired) electrons. The van der Waals surface area contributed by atoms with Crippen LogP contribution in [0.25, 0.3) is 11.3 Å². The summed E-state index contributed by atoms with van der Waals surface area (Å²) in [7, 11) is 0. The van der Waals surface area contributed by atoms with Gasteiger partial charge in [-0.3, -0.25) is 4.98 Å². The number of aldehydes is 1. The van der Waals surface area contributed by atoms with E-state index in [0.717, 1.165) is 37.2 Å². The second-order valence-electron chi connectivity index (χ2n) is 8.80. The van der Waals surface area contributed by atoms with Crippen molar-refractivity contribution in [3.63, 3.8) is 0 Å². The van der Waals surface area contributed by atoms with Crippen LogP contribution in [0.4, 0.5) is 0 Å². The molecule has 3 rings (SSSR count). The van der Waals surface area contributed by atoms with Gasteiger partial charge in [-0.1, -0.05) is 62.9 Å². The van der Waals surface area contributed by atoms with Gasteiger partial charge in [-0.2, -0.15) is 0 Å². The molecule has 1 saturated carbocycles. The number of unbranched alkanes of at least 4 members (excludes halogenated alkanes) is 4. The Balaban J connectivity index is 1.49. The van der Waals surface area contributed by atoms with Crippen LogP contribution in [0.2, 0.25) is 0 Å². The molecule has 29 heavy (non-hydrogen) atoms. The Morgan fingerprint density at radius 2 is 1.72 bits per heavy atom. The van der Waals surface area contributed by atoms with Gasteiger partial charge in [0.25, 0.3) is 0 Å². The van der Waals surface area contributed by atoms with Gasteiger partial charge in [0.2, 0.25) is 0 Å². The molecule has 2 nitrogen and oxygen atoms in total. The first-order chi connectivity index (χ1) is 14.3. The molecule has 0 atom stereocenters. The van der Waals surface area contributed by atoms with Crippen LogP contribution in [0, 0.1) is 5.92 Å². The summed E-state index contributed by atoms with van der Waals surface area (Å²) in [6.45, 7) is 2.25. The minimum Gasteiger partial charge on any atom is -0.303 e. The minimum absolute atomic E-state index is 0.699. The lowest BCUT2D eigenvalue weighted by Gasteiger charge is -2.28. The third-order valence-electron chi connectivity index (χ3n) is 6.60. The number of pyridine rings is 1. The van der Waals surface area contributed by atoms with Crippen molar-refractivity contribution in [3.05, 3.63) is 53.7 Å². The lowest BCUT2D eigenvalue weighted by Crippen LogP contribution is -2.13. The van der Waals surface area contributed by atoms with Gasteiger partial charge < -0.3 is 4.79 Å². The predicted octanol–water partition coefficient (Wildman–Crippen LogP) is 7.51. The highest BCUT2D eigenvalue weighted by molar-refractivity contribution is 5.59. The van der Waals surface area contributed by atoms with Crippen molar-refractivity contribution in [1.82, 2.24) is 4.98 Å². The summed E-state index contributed by atoms with van der Waals surface area (Å²) >= 11 is 0. The second kappa shape index (κ2) is 11.9. The minimum atomic E-state index is 0.699. The van der Waals surface area contributed by atoms with Gasteiger partial charge in [0.1, 0.15) is 6.29 Å². The van der Waals surface area contributed by atoms with E-state index < -0.39 is 0 Å². The van der Waals surface area contributed by atoms with Crippen molar-refractivity contribution < 1.29 is 4.79 Å². The quantitative estimate of drug-likeness (QED) is 0.293. The van der Waals surface area contributed by atoms with Crippen molar-refractivity contribution in [1.29, 1.82) is 0 Å². The zero-order valence-electron chi connectivity index (χ0n) is 18.1. The number of carbonyl (C=O) groups excluding carboxylic acids is 1. The van der Waals surface area contributed by atoms with E-state index in [1.807, 2.05) is 0 Å². The van der Waals surface area contributed by atoms with E-state index in [1.54, 1.807) is 0 Å². The van der Waals surface area contributed by atoms with Gasteiger partial charge in [-0.05, 0) is 74.0 Å². The number of benzene rings is 1. The molecular formula is C27H37NO. The van der Waals surface area contributed by atoms with Crippen LogP contribution in [-0.4, -0.2) is 11.3 Å². The molecule has 1 aromatic carbocycles. The summed E-state index contributed by atoms with van der Waals surface area (Å²) < 4.78 is 0. The Morgan fingerprint density at radius 1 is 0.931 bits per heavy atom. The van der Waals surface area contributed by atoms with Gasteiger partial charge in [-0.25, -0.2) is 0 Å². The third kappa shape index (κ3) is 6.80. The lowest BCUT2D eigenvalue weighted by molar-refractivity contribution is -0.108. The summed E-state index contributed by atoms with van der Waals surface area (Å²) in [6, 6.07) is 13.5. The molecule has 156 valence electrons. The molecular weight excluding hydrogens is 354 g/mol. The summed E-state index contributed by atoms with van der Waals surface area (Å²) in [5.41, 5.74) is 5.13. The molecule has 1 aromatic heterocycles. The SMILES string of the molecule is CCCCCCc1ccc(-c2ccc([C@H]3CC[C@H](CCCC=O)CC3)cc2)nc1. The molecule has 2 heteroatoms. The van der Waals surface area contributed by atoms with Gasteiger partial charge in [-0.15, -0.1) is 0 Å². The van der Waals surface area contributed by atoms with Crippen molar-refractivity contribution in [2.24, 2.45) is 5.92 Å². The first-order valence-corrected chi connectivity index (χ1v) is 11.8. The molecule has 0 bridgehead atoms. The van der Waals surface area contributed by atoms with Crippen LogP contribution >= 0.6 is 0 Å². The zero-order chi connectivity index (χ0) is 20.3. The van der Waals surface area contributed by atoms with E-state index >= 15 is 0 Å². The summed E-state index contributed by atoms with van der Waals surface area (Å²) in [5, 5.41) is 0. The van der Waals surface area contributed by atoms with E-state index in [1.165, 1.54) is 74.5 Å². The molecule has 1 heterocycles. The number of hydrogen-bond acceptors (Lipinski definition) is 2. The van der Waals surface area contributed by atoms with Crippen LogP contribution in [0.3, 0.4) is 0 Å². The van der Waals surface area contributed by atoms with Crippen LogP contribution in [0.5, 0.6) is 0 Å². The van der Waals surface area contributed by atoms with Crippen LogP contribution in [0.15, 0.2) is 42.6 Å². The fraction of sp³-hybridized carbons (Fsp3) is 0.556. The average molecular weight is 392 g/mol. The fourth-order valence-electron chi connectivity index (χ4n) is 4.70. The Bertz CT molecular complexity index is 711. The van der Waals surface area contributed by atoms with E-state index in [0.29, 0.717) is 5.92 Å². The molecule has 1 aliphatic carbocycles. The smallest absolute Gasteiger partial charge is 0.119 e. The van der Waals surface area contributed by atoms with Crippen LogP contribution in [-0.2, 0) is 11.2 Å². The number of carbonyl (C=O) groups is 1. The first-order valence-electron chi connectivity index (χ1n) is 11.8. The Morgan fingerprint density at radius 3 is 2.38 bits per heavy atom. The Hall–Kier alpha value is -1.96. The zero-order valence-corrected chi connectivity index (χ0v) is 18.1. The Labute approximate surface area is 177 Å². The maximum Gasteiger partial charge on any atom is 0.119 e. The maximum atomic E-state index is 10.5. The summed E-state index contributed by atoms with van der Waals surface area (Å²) in [5.74, 6) is 1.53. The molecule has 0 amide bonds. The van der Waals surface area contributed by atoms with Crippen molar-refractivity contribution in [3.8, 4) is 11.3 Å². The summed E-state index contributed by atoms with van der Waals surface area (Å²) in [6.07, 6.45) is 17.7. The van der Waals surface area contributed by atoms with E-state index in [9.17, 15) is 4.79 Å². The van der Waals surface area contributed by atoms with Gasteiger partial charge in [0.15, 0.2) is 0 Å². The van der Waals surface area contributed by atoms with Crippen molar-refractivity contribution >= 4 is 6.29 Å². The largest absolute Gasteiger partial charge is 0.303 e. The number of aromatic nitrogens is 1. The van der Waals surface area contributed by atoms with Gasteiger partial charge >= 0.3 is 0 Å². The van der Waals surface area contributed by atoms with Crippen molar-refractivity contribution in [2.45, 2.75) is 89.9 Å². The highest BCUT2D eigenvalue weighted by Gasteiger charge is 2.22. The Kier molecular flexibility index (Phi) is 8.92. The topological polar surface area (TPSA) is 30.0 Å². The van der Waals surface area contributed by atoms with Crippen molar-refractivity contribution in [2.75, 3.05) is 0 Å². The normalized spacial score (nSPS) is 19.2. The molecule has 1 aliphatic rings. The number of aryl methyl sites for hydroxylation is 1. The molecule has 0 unspecified atom stereocenters. The van der Waals surface area contributed by atoms with E-state index in [-0.39, 0.29) is 0 Å². The number of nitrogens with zero attached hydrogens (tertiary/aromatic N) is 1. The molecule has 0 saturated heterocycles. The van der Waals surface area contributed by atoms with Gasteiger partial charge in [0, 0.05) is 18.2 Å². The highest BCUT2D eigenvalue weighted by atomic mass is 16.1.